The molecular weight excluding hydrogens is 311 g/mol. The largest absolute Gasteiger partial charge is 0.354 e. The van der Waals surface area contributed by atoms with Gasteiger partial charge in [-0.25, -0.2) is 0 Å². The van der Waals surface area contributed by atoms with Crippen LogP contribution in [-0.4, -0.2) is 25.0 Å². The van der Waals surface area contributed by atoms with Crippen LogP contribution in [0.25, 0.3) is 0 Å². The van der Waals surface area contributed by atoms with E-state index in [0.29, 0.717) is 27.4 Å². The van der Waals surface area contributed by atoms with Crippen LogP contribution < -0.4 is 16.0 Å². The Morgan fingerprint density at radius 2 is 2.00 bits per heavy atom. The molecule has 19 heavy (non-hydrogen) atoms. The minimum absolute atomic E-state index is 0. The van der Waals surface area contributed by atoms with Crippen LogP contribution in [0, 0.1) is 0 Å². The molecule has 5 nitrogen and oxygen atoms in total. The topological polar surface area (TPSA) is 65.5 Å². The van der Waals surface area contributed by atoms with Crippen molar-refractivity contribution in [3.63, 3.8) is 0 Å². The molecule has 0 spiro atoms. The smallest absolute Gasteiger partial charge is 0.221 e. The van der Waals surface area contributed by atoms with Crippen molar-refractivity contribution in [2.75, 3.05) is 23.7 Å². The first-order valence-electron chi connectivity index (χ1n) is 5.38. The lowest BCUT2D eigenvalue weighted by Gasteiger charge is -2.12. The minimum Gasteiger partial charge on any atom is -0.354 e. The van der Waals surface area contributed by atoms with Gasteiger partial charge in [-0.2, -0.15) is 0 Å². The molecule has 3 N–H and O–H groups in total. The number of halogens is 3. The normalized spacial score (nSPS) is 13.1. The van der Waals surface area contributed by atoms with Crippen LogP contribution in [0.3, 0.4) is 0 Å². The van der Waals surface area contributed by atoms with E-state index in [1.54, 1.807) is 12.1 Å². The van der Waals surface area contributed by atoms with E-state index >= 15 is 0 Å². The predicted molar refractivity (Wildman–Crippen MR) is 81.9 cm³/mol. The van der Waals surface area contributed by atoms with Gasteiger partial charge in [-0.1, -0.05) is 23.2 Å². The zero-order valence-corrected chi connectivity index (χ0v) is 12.4. The van der Waals surface area contributed by atoms with Crippen molar-refractivity contribution < 1.29 is 4.79 Å². The number of carbonyl (C=O) groups is 1. The summed E-state index contributed by atoms with van der Waals surface area (Å²) < 4.78 is 0. The Morgan fingerprint density at radius 3 is 2.47 bits per heavy atom. The number of hydrogen-bond donors (Lipinski definition) is 3. The fourth-order valence-electron chi connectivity index (χ4n) is 1.57. The molecule has 104 valence electrons. The number of guanidine groups is 1. The van der Waals surface area contributed by atoms with E-state index in [4.69, 9.17) is 23.2 Å². The van der Waals surface area contributed by atoms with Crippen LogP contribution in [-0.2, 0) is 4.79 Å². The first-order valence-corrected chi connectivity index (χ1v) is 6.14. The number of anilines is 2. The second-order valence-corrected chi connectivity index (χ2v) is 4.59. The number of carbonyl (C=O) groups excluding carboxylic acids is 1. The molecule has 0 aliphatic carbocycles. The van der Waals surface area contributed by atoms with Crippen molar-refractivity contribution >= 4 is 58.9 Å². The Balaban J connectivity index is 0.00000180. The number of hydrogen-bond acceptors (Lipinski definition) is 4. The highest BCUT2D eigenvalue weighted by atomic mass is 35.5. The fraction of sp³-hybridized carbons (Fsp3) is 0.273. The molecular formula is C11H13Cl3N4O. The highest BCUT2D eigenvalue weighted by molar-refractivity contribution is 6.40. The maximum atomic E-state index is 11.0. The Bertz CT molecular complexity index is 496. The molecule has 0 atom stereocenters. The third-order valence-corrected chi connectivity index (χ3v) is 2.88. The van der Waals surface area contributed by atoms with Gasteiger partial charge < -0.3 is 16.0 Å². The van der Waals surface area contributed by atoms with Crippen molar-refractivity contribution in [1.29, 1.82) is 0 Å². The monoisotopic (exact) mass is 322 g/mol. The first-order chi connectivity index (χ1) is 8.56. The van der Waals surface area contributed by atoms with Crippen LogP contribution in [0.4, 0.5) is 11.4 Å². The van der Waals surface area contributed by atoms with Gasteiger partial charge in [0, 0.05) is 19.2 Å². The SMILES string of the molecule is CC(=O)Nc1cc(Cl)c(NC2=NCCN2)c(Cl)c1.Cl. The van der Waals surface area contributed by atoms with E-state index in [-0.39, 0.29) is 18.3 Å². The van der Waals surface area contributed by atoms with Gasteiger partial charge in [0.15, 0.2) is 5.96 Å². The van der Waals surface area contributed by atoms with Crippen molar-refractivity contribution in [2.45, 2.75) is 6.92 Å². The van der Waals surface area contributed by atoms with Gasteiger partial charge in [0.2, 0.25) is 5.91 Å². The van der Waals surface area contributed by atoms with E-state index < -0.39 is 0 Å². The summed E-state index contributed by atoms with van der Waals surface area (Å²) in [4.78, 5) is 15.1. The third kappa shape index (κ3) is 4.16. The number of rotatable bonds is 2. The average molecular weight is 324 g/mol. The van der Waals surface area contributed by atoms with E-state index in [9.17, 15) is 4.79 Å². The third-order valence-electron chi connectivity index (χ3n) is 2.28. The molecule has 0 radical (unpaired) electrons. The fourth-order valence-corrected chi connectivity index (χ4v) is 2.15. The van der Waals surface area contributed by atoms with Gasteiger partial charge in [-0.05, 0) is 12.1 Å². The molecule has 1 amide bonds. The van der Waals surface area contributed by atoms with E-state index in [1.165, 1.54) is 6.92 Å². The summed E-state index contributed by atoms with van der Waals surface area (Å²) >= 11 is 12.2. The zero-order chi connectivity index (χ0) is 13.1. The standard InChI is InChI=1S/C11H12Cl2N4O.ClH/c1-6(18)16-7-4-8(12)10(9(13)5-7)17-11-14-2-3-15-11;/h4-5H,2-3H2,1H3,(H,16,18)(H2,14,15,17);1H. The summed E-state index contributed by atoms with van der Waals surface area (Å²) in [5.74, 6) is 0.468. The summed E-state index contributed by atoms with van der Waals surface area (Å²) in [7, 11) is 0. The second-order valence-electron chi connectivity index (χ2n) is 3.78. The van der Waals surface area contributed by atoms with Crippen LogP contribution in [0.15, 0.2) is 17.1 Å². The van der Waals surface area contributed by atoms with E-state index in [1.807, 2.05) is 0 Å². The maximum absolute atomic E-state index is 11.0. The molecule has 1 aliphatic heterocycles. The summed E-state index contributed by atoms with van der Waals surface area (Å²) in [5, 5.41) is 9.54. The quantitative estimate of drug-likeness (QED) is 0.784. The van der Waals surface area contributed by atoms with Gasteiger partial charge in [0.25, 0.3) is 0 Å². The van der Waals surface area contributed by atoms with E-state index in [0.717, 1.165) is 13.1 Å². The molecule has 1 aliphatic rings. The van der Waals surface area contributed by atoms with Gasteiger partial charge in [-0.15, -0.1) is 12.4 Å². The molecule has 0 saturated heterocycles. The van der Waals surface area contributed by atoms with Gasteiger partial charge in [0.1, 0.15) is 0 Å². The van der Waals surface area contributed by atoms with Gasteiger partial charge in [-0.3, -0.25) is 9.79 Å². The number of nitrogens with one attached hydrogen (secondary N) is 3. The lowest BCUT2D eigenvalue weighted by molar-refractivity contribution is -0.114. The molecule has 0 bridgehead atoms. The van der Waals surface area contributed by atoms with Crippen molar-refractivity contribution in [1.82, 2.24) is 5.32 Å². The van der Waals surface area contributed by atoms with Crippen molar-refractivity contribution in [2.24, 2.45) is 4.99 Å². The Hall–Kier alpha value is -1.17. The highest BCUT2D eigenvalue weighted by Crippen LogP contribution is 2.33. The maximum Gasteiger partial charge on any atom is 0.221 e. The molecule has 0 unspecified atom stereocenters. The summed E-state index contributed by atoms with van der Waals surface area (Å²) in [5.41, 5.74) is 1.13. The Morgan fingerprint density at radius 1 is 1.37 bits per heavy atom. The first kappa shape index (κ1) is 15.9. The number of aliphatic imine (C=N–C) groups is 1. The van der Waals surface area contributed by atoms with E-state index in [2.05, 4.69) is 20.9 Å². The second kappa shape index (κ2) is 6.84. The predicted octanol–water partition coefficient (Wildman–Crippen LogP) is 2.74. The number of benzene rings is 1. The number of nitrogens with zero attached hydrogens (tertiary/aromatic N) is 1. The van der Waals surface area contributed by atoms with Gasteiger partial charge in [0.05, 0.1) is 22.3 Å². The summed E-state index contributed by atoms with van der Waals surface area (Å²) in [6, 6.07) is 3.26. The summed E-state index contributed by atoms with van der Waals surface area (Å²) in [6.45, 7) is 2.94. The average Bonchev–Trinajstić information content (AvgIpc) is 2.75. The van der Waals surface area contributed by atoms with Crippen molar-refractivity contribution in [3.8, 4) is 0 Å². The molecule has 0 fully saturated rings. The van der Waals surface area contributed by atoms with Crippen LogP contribution in [0.2, 0.25) is 10.0 Å². The Labute approximate surface area is 127 Å². The van der Waals surface area contributed by atoms with Gasteiger partial charge >= 0.3 is 0 Å². The highest BCUT2D eigenvalue weighted by Gasteiger charge is 2.12. The van der Waals surface area contributed by atoms with Crippen LogP contribution in [0.5, 0.6) is 0 Å². The summed E-state index contributed by atoms with van der Waals surface area (Å²) in [6.07, 6.45) is 0. The van der Waals surface area contributed by atoms with Crippen LogP contribution in [0.1, 0.15) is 6.92 Å². The molecule has 1 aromatic carbocycles. The molecule has 8 heteroatoms. The lowest BCUT2D eigenvalue weighted by atomic mass is 10.2. The van der Waals surface area contributed by atoms with Crippen molar-refractivity contribution in [3.05, 3.63) is 22.2 Å². The zero-order valence-electron chi connectivity index (χ0n) is 10.1. The Kier molecular flexibility index (Phi) is 5.72. The molecule has 1 aromatic rings. The molecule has 0 saturated carbocycles. The minimum atomic E-state index is -0.176. The number of amides is 1. The lowest BCUT2D eigenvalue weighted by Crippen LogP contribution is -2.26. The molecule has 1 heterocycles. The molecule has 0 aromatic heterocycles. The molecule has 2 rings (SSSR count). The van der Waals surface area contributed by atoms with Crippen LogP contribution >= 0.6 is 35.6 Å².